The van der Waals surface area contributed by atoms with Gasteiger partial charge in [-0.2, -0.15) is 0 Å². The van der Waals surface area contributed by atoms with Crippen LogP contribution in [0.2, 0.25) is 0 Å². The van der Waals surface area contributed by atoms with Gasteiger partial charge < -0.3 is 15.4 Å². The lowest BCUT2D eigenvalue weighted by molar-refractivity contribution is -0.118. The second-order valence-corrected chi connectivity index (χ2v) is 4.82. The van der Waals surface area contributed by atoms with Gasteiger partial charge in [-0.1, -0.05) is 18.2 Å². The van der Waals surface area contributed by atoms with Crippen molar-refractivity contribution in [2.75, 3.05) is 11.9 Å². The number of halogens is 1. The topological polar surface area (TPSA) is 67.4 Å². The van der Waals surface area contributed by atoms with Gasteiger partial charge in [-0.05, 0) is 29.8 Å². The van der Waals surface area contributed by atoms with E-state index in [4.69, 9.17) is 4.74 Å². The van der Waals surface area contributed by atoms with Gasteiger partial charge in [0.2, 0.25) is 0 Å². The number of hydrogen-bond acceptors (Lipinski definition) is 3. The van der Waals surface area contributed by atoms with Crippen molar-refractivity contribution in [3.63, 3.8) is 0 Å². The SMILES string of the molecule is O=C(COc1ccccc1F)Nc1ccc2c(c1)C(=O)NC2. The maximum atomic E-state index is 13.4. The van der Waals surface area contributed by atoms with Crippen molar-refractivity contribution >= 4 is 17.5 Å². The van der Waals surface area contributed by atoms with E-state index in [0.717, 1.165) is 5.56 Å². The standard InChI is InChI=1S/C16H13FN2O3/c17-13-3-1-2-4-14(13)22-9-15(20)19-11-6-5-10-8-18-16(21)12(10)7-11/h1-7H,8-9H2,(H,18,21)(H,19,20). The minimum atomic E-state index is -0.524. The first-order valence-electron chi connectivity index (χ1n) is 6.72. The highest BCUT2D eigenvalue weighted by Gasteiger charge is 2.19. The van der Waals surface area contributed by atoms with Gasteiger partial charge in [-0.25, -0.2) is 4.39 Å². The molecule has 2 amide bonds. The molecule has 1 aliphatic heterocycles. The zero-order chi connectivity index (χ0) is 15.5. The minimum Gasteiger partial charge on any atom is -0.481 e. The fraction of sp³-hybridized carbons (Fsp3) is 0.125. The zero-order valence-electron chi connectivity index (χ0n) is 11.6. The molecule has 1 aliphatic rings. The normalized spacial score (nSPS) is 12.5. The lowest BCUT2D eigenvalue weighted by Gasteiger charge is -2.08. The van der Waals surface area contributed by atoms with E-state index in [1.807, 2.05) is 0 Å². The fourth-order valence-corrected chi connectivity index (χ4v) is 2.19. The molecule has 22 heavy (non-hydrogen) atoms. The number of para-hydroxylation sites is 1. The average Bonchev–Trinajstić information content (AvgIpc) is 2.88. The van der Waals surface area contributed by atoms with E-state index < -0.39 is 11.7 Å². The van der Waals surface area contributed by atoms with Crippen molar-refractivity contribution in [2.45, 2.75) is 6.54 Å². The third-order valence-electron chi connectivity index (χ3n) is 3.27. The van der Waals surface area contributed by atoms with Gasteiger partial charge in [0.05, 0.1) is 0 Å². The first-order valence-corrected chi connectivity index (χ1v) is 6.72. The number of anilines is 1. The molecular formula is C16H13FN2O3. The Balaban J connectivity index is 1.62. The van der Waals surface area contributed by atoms with Crippen molar-refractivity contribution in [3.8, 4) is 5.75 Å². The third-order valence-corrected chi connectivity index (χ3v) is 3.27. The van der Waals surface area contributed by atoms with Crippen LogP contribution in [0.5, 0.6) is 5.75 Å². The number of nitrogens with one attached hydrogen (secondary N) is 2. The van der Waals surface area contributed by atoms with Crippen LogP contribution in [0.4, 0.5) is 10.1 Å². The van der Waals surface area contributed by atoms with Gasteiger partial charge in [0.15, 0.2) is 18.2 Å². The number of hydrogen-bond donors (Lipinski definition) is 2. The zero-order valence-corrected chi connectivity index (χ0v) is 11.6. The van der Waals surface area contributed by atoms with Crippen molar-refractivity contribution in [2.24, 2.45) is 0 Å². The van der Waals surface area contributed by atoms with Crippen molar-refractivity contribution in [1.29, 1.82) is 0 Å². The van der Waals surface area contributed by atoms with E-state index in [2.05, 4.69) is 10.6 Å². The number of amides is 2. The van der Waals surface area contributed by atoms with Crippen LogP contribution in [0.1, 0.15) is 15.9 Å². The highest BCUT2D eigenvalue weighted by molar-refractivity contribution is 6.00. The number of ether oxygens (including phenoxy) is 1. The summed E-state index contributed by atoms with van der Waals surface area (Å²) in [6, 6.07) is 11.0. The summed E-state index contributed by atoms with van der Waals surface area (Å²) < 4.78 is 18.5. The molecule has 0 bridgehead atoms. The van der Waals surface area contributed by atoms with E-state index >= 15 is 0 Å². The summed E-state index contributed by atoms with van der Waals surface area (Å²) in [5.74, 6) is -1.09. The second kappa shape index (κ2) is 5.85. The summed E-state index contributed by atoms with van der Waals surface area (Å²) in [6.07, 6.45) is 0. The maximum Gasteiger partial charge on any atom is 0.262 e. The molecule has 112 valence electrons. The number of carbonyl (C=O) groups is 2. The monoisotopic (exact) mass is 300 g/mol. The third kappa shape index (κ3) is 2.90. The summed E-state index contributed by atoms with van der Waals surface area (Å²) in [6.45, 7) is 0.184. The molecule has 5 nitrogen and oxygen atoms in total. The van der Waals surface area contributed by atoms with Gasteiger partial charge >= 0.3 is 0 Å². The Hall–Kier alpha value is -2.89. The predicted octanol–water partition coefficient (Wildman–Crippen LogP) is 2.09. The predicted molar refractivity (Wildman–Crippen MR) is 78.1 cm³/mol. The highest BCUT2D eigenvalue weighted by atomic mass is 19.1. The Bertz CT molecular complexity index is 746. The number of rotatable bonds is 4. The summed E-state index contributed by atoms with van der Waals surface area (Å²) in [7, 11) is 0. The smallest absolute Gasteiger partial charge is 0.262 e. The molecule has 0 aromatic heterocycles. The van der Waals surface area contributed by atoms with E-state index in [9.17, 15) is 14.0 Å². The van der Waals surface area contributed by atoms with Gasteiger partial charge in [-0.3, -0.25) is 9.59 Å². The Morgan fingerprint density at radius 1 is 1.27 bits per heavy atom. The highest BCUT2D eigenvalue weighted by Crippen LogP contribution is 2.20. The van der Waals surface area contributed by atoms with E-state index in [1.165, 1.54) is 18.2 Å². The molecular weight excluding hydrogens is 287 g/mol. The Kier molecular flexibility index (Phi) is 3.74. The molecule has 2 N–H and O–H groups in total. The van der Waals surface area contributed by atoms with E-state index in [-0.39, 0.29) is 18.3 Å². The summed E-state index contributed by atoms with van der Waals surface area (Å²) in [4.78, 5) is 23.4. The quantitative estimate of drug-likeness (QED) is 0.908. The molecule has 3 rings (SSSR count). The molecule has 2 aromatic carbocycles. The molecule has 6 heteroatoms. The molecule has 0 atom stereocenters. The van der Waals surface area contributed by atoms with Crippen molar-refractivity contribution in [1.82, 2.24) is 5.32 Å². The van der Waals surface area contributed by atoms with Crippen LogP contribution < -0.4 is 15.4 Å². The number of fused-ring (bicyclic) bond motifs is 1. The van der Waals surface area contributed by atoms with E-state index in [1.54, 1.807) is 24.3 Å². The van der Waals surface area contributed by atoms with Crippen LogP contribution in [0.25, 0.3) is 0 Å². The molecule has 0 saturated heterocycles. The maximum absolute atomic E-state index is 13.4. The Morgan fingerprint density at radius 3 is 2.91 bits per heavy atom. The van der Waals surface area contributed by atoms with Gasteiger partial charge in [0.25, 0.3) is 11.8 Å². The molecule has 0 aliphatic carbocycles. The minimum absolute atomic E-state index is 0.0194. The molecule has 1 heterocycles. The Morgan fingerprint density at radius 2 is 2.09 bits per heavy atom. The molecule has 0 fully saturated rings. The van der Waals surface area contributed by atoms with E-state index in [0.29, 0.717) is 17.8 Å². The van der Waals surface area contributed by atoms with Gasteiger partial charge in [-0.15, -0.1) is 0 Å². The van der Waals surface area contributed by atoms with Crippen LogP contribution in [-0.4, -0.2) is 18.4 Å². The molecule has 0 saturated carbocycles. The van der Waals surface area contributed by atoms with Crippen LogP contribution in [0, 0.1) is 5.82 Å². The average molecular weight is 300 g/mol. The molecule has 2 aromatic rings. The fourth-order valence-electron chi connectivity index (χ4n) is 2.19. The summed E-state index contributed by atoms with van der Waals surface area (Å²) in [5, 5.41) is 5.32. The van der Waals surface area contributed by atoms with Crippen LogP contribution in [0.15, 0.2) is 42.5 Å². The largest absolute Gasteiger partial charge is 0.481 e. The van der Waals surface area contributed by atoms with Crippen LogP contribution in [0.3, 0.4) is 0 Å². The van der Waals surface area contributed by atoms with Crippen LogP contribution >= 0.6 is 0 Å². The molecule has 0 unspecified atom stereocenters. The summed E-state index contributed by atoms with van der Waals surface area (Å²) >= 11 is 0. The van der Waals surface area contributed by atoms with Gasteiger partial charge in [0.1, 0.15) is 0 Å². The summed E-state index contributed by atoms with van der Waals surface area (Å²) in [5.41, 5.74) is 1.94. The lowest BCUT2D eigenvalue weighted by atomic mass is 10.1. The first-order chi connectivity index (χ1) is 10.6. The molecule has 0 spiro atoms. The Labute approximate surface area is 126 Å². The van der Waals surface area contributed by atoms with Crippen LogP contribution in [-0.2, 0) is 11.3 Å². The second-order valence-electron chi connectivity index (χ2n) is 4.82. The number of carbonyl (C=O) groups excluding carboxylic acids is 2. The number of benzene rings is 2. The van der Waals surface area contributed by atoms with Crippen molar-refractivity contribution < 1.29 is 18.7 Å². The molecule has 0 radical (unpaired) electrons. The van der Waals surface area contributed by atoms with Gasteiger partial charge in [0, 0.05) is 17.8 Å². The first kappa shape index (κ1) is 14.1. The lowest BCUT2D eigenvalue weighted by Crippen LogP contribution is -2.20. The van der Waals surface area contributed by atoms with Crippen molar-refractivity contribution in [3.05, 3.63) is 59.4 Å².